The first-order valence-corrected chi connectivity index (χ1v) is 21.7. The van der Waals surface area contributed by atoms with Gasteiger partial charge in [-0.3, -0.25) is 12.6 Å². The van der Waals surface area contributed by atoms with E-state index >= 15 is 0 Å². The minimum absolute atomic E-state index is 0.278. The highest BCUT2D eigenvalue weighted by atomic mass is 79.9. The molecule has 0 amide bonds. The topological polar surface area (TPSA) is 51.2 Å². The van der Waals surface area contributed by atoms with E-state index in [2.05, 4.69) is 54.4 Å². The summed E-state index contributed by atoms with van der Waals surface area (Å²) in [6.07, 6.45) is 3.68. The van der Waals surface area contributed by atoms with Crippen LogP contribution in [0.1, 0.15) is 27.8 Å². The van der Waals surface area contributed by atoms with E-state index in [1.54, 1.807) is 22.9 Å². The van der Waals surface area contributed by atoms with Crippen molar-refractivity contribution in [3.05, 3.63) is 196 Å². The number of halogens is 5. The Kier molecular flexibility index (Phi) is 19.3. The normalized spacial score (nSPS) is 12.7. The summed E-state index contributed by atoms with van der Waals surface area (Å²) in [5, 5.41) is 5.54. The van der Waals surface area contributed by atoms with Crippen LogP contribution in [0.25, 0.3) is 12.2 Å². The molecule has 0 heterocycles. The highest BCUT2D eigenvalue weighted by Crippen LogP contribution is 2.16. The first-order valence-electron chi connectivity index (χ1n) is 14.8. The average Bonchev–Trinajstić information content (AvgIpc) is 3.11. The van der Waals surface area contributed by atoms with Crippen LogP contribution in [0, 0.1) is 5.82 Å². The van der Waals surface area contributed by atoms with Crippen LogP contribution in [0.3, 0.4) is 0 Å². The standard InChI is InChI=1S/C15H12BrClOS.C15H12BrFOS.C9H9BrOS/c16-14-5-1-13(2-6-14)11-19(18)10-9-12-3-7-15(17)8-4-12;16-14-5-1-12(2-6-14)9-10-19(18)11-13-3-7-15(17)8-4-13;1-2-12(11)7-8-3-5-9(10)6-4-8/h2*1-10H,11H2;2-6H,1,7H2. The first-order chi connectivity index (χ1) is 24.0. The highest BCUT2D eigenvalue weighted by molar-refractivity contribution is 9.11. The fraction of sp³-hybridized carbons (Fsp3) is 0.0769. The van der Waals surface area contributed by atoms with Gasteiger partial charge in [-0.25, -0.2) is 4.39 Å². The van der Waals surface area contributed by atoms with E-state index in [1.807, 2.05) is 109 Å². The molecule has 0 aromatic heterocycles. The maximum Gasteiger partial charge on any atom is 0.123 e. The van der Waals surface area contributed by atoms with Crippen LogP contribution in [0.15, 0.2) is 158 Å². The summed E-state index contributed by atoms with van der Waals surface area (Å²) in [6, 6.07) is 36.9. The summed E-state index contributed by atoms with van der Waals surface area (Å²) in [5.74, 6) is 1.20. The molecule has 0 saturated carbocycles. The molecule has 11 heteroatoms. The molecule has 0 aliphatic rings. The third-order valence-electron chi connectivity index (χ3n) is 6.42. The van der Waals surface area contributed by atoms with Crippen LogP contribution < -0.4 is 0 Å². The molecule has 0 spiro atoms. The van der Waals surface area contributed by atoms with Crippen LogP contribution in [-0.4, -0.2) is 12.6 Å². The molecule has 0 aliphatic carbocycles. The molecule has 0 aliphatic heterocycles. The van der Waals surface area contributed by atoms with Gasteiger partial charge in [0.1, 0.15) is 5.82 Å². The molecule has 3 atom stereocenters. The Labute approximate surface area is 331 Å². The molecule has 0 saturated heterocycles. The van der Waals surface area contributed by atoms with Crippen molar-refractivity contribution in [2.24, 2.45) is 0 Å². The second-order valence-electron chi connectivity index (χ2n) is 10.3. The minimum atomic E-state index is -1.10. The van der Waals surface area contributed by atoms with Crippen molar-refractivity contribution < 1.29 is 17.0 Å². The molecule has 0 fully saturated rings. The molecule has 0 N–H and O–H groups in total. The zero-order valence-corrected chi connectivity index (χ0v) is 34.6. The van der Waals surface area contributed by atoms with Crippen molar-refractivity contribution in [1.82, 2.24) is 0 Å². The highest BCUT2D eigenvalue weighted by Gasteiger charge is 2.00. The molecular weight excluding hydrogens is 907 g/mol. The number of benzene rings is 5. The summed E-state index contributed by atoms with van der Waals surface area (Å²) < 4.78 is 50.6. The minimum Gasteiger partial charge on any atom is -0.255 e. The fourth-order valence-electron chi connectivity index (χ4n) is 3.85. The molecule has 260 valence electrons. The fourth-order valence-corrected chi connectivity index (χ4v) is 7.26. The summed E-state index contributed by atoms with van der Waals surface area (Å²) in [4.78, 5) is 0. The Balaban J connectivity index is 0.000000209. The molecule has 3 nitrogen and oxygen atoms in total. The third kappa shape index (κ3) is 17.6. The van der Waals surface area contributed by atoms with E-state index in [0.717, 1.165) is 41.2 Å². The van der Waals surface area contributed by atoms with Crippen LogP contribution >= 0.6 is 59.4 Å². The number of hydrogen-bond donors (Lipinski definition) is 0. The molecule has 5 aromatic carbocycles. The van der Waals surface area contributed by atoms with Crippen LogP contribution in [-0.2, 0) is 49.7 Å². The van der Waals surface area contributed by atoms with E-state index in [-0.39, 0.29) is 5.82 Å². The maximum absolute atomic E-state index is 12.7. The monoisotopic (exact) mass is 936 g/mol. The molecule has 5 aromatic rings. The molecular formula is C39H33Br3ClFO3S3. The van der Waals surface area contributed by atoms with Crippen LogP contribution in [0.5, 0.6) is 0 Å². The molecule has 5 rings (SSSR count). The lowest BCUT2D eigenvalue weighted by Crippen LogP contribution is -1.91. The third-order valence-corrected chi connectivity index (χ3v) is 11.4. The van der Waals surface area contributed by atoms with E-state index in [1.165, 1.54) is 17.5 Å². The lowest BCUT2D eigenvalue weighted by molar-refractivity contribution is 0.627. The predicted molar refractivity (Wildman–Crippen MR) is 224 cm³/mol. The summed E-state index contributed by atoms with van der Waals surface area (Å²) in [7, 11) is -3.05. The zero-order chi connectivity index (χ0) is 36.3. The Morgan fingerprint density at radius 3 is 1.22 bits per heavy atom. The molecule has 0 radical (unpaired) electrons. The summed E-state index contributed by atoms with van der Waals surface area (Å²) in [5.41, 5.74) is 4.98. The van der Waals surface area contributed by atoms with Gasteiger partial charge in [-0.05, 0) is 106 Å². The van der Waals surface area contributed by atoms with E-state index in [4.69, 9.17) is 11.6 Å². The van der Waals surface area contributed by atoms with Crippen molar-refractivity contribution in [2.75, 3.05) is 0 Å². The van der Waals surface area contributed by atoms with Crippen molar-refractivity contribution in [2.45, 2.75) is 17.3 Å². The average molecular weight is 940 g/mol. The van der Waals surface area contributed by atoms with Crippen LogP contribution in [0.2, 0.25) is 5.02 Å². The smallest absolute Gasteiger partial charge is 0.123 e. The Morgan fingerprint density at radius 1 is 0.520 bits per heavy atom. The number of hydrogen-bond acceptors (Lipinski definition) is 3. The Morgan fingerprint density at radius 2 is 0.840 bits per heavy atom. The van der Waals surface area contributed by atoms with Crippen molar-refractivity contribution in [3.63, 3.8) is 0 Å². The van der Waals surface area contributed by atoms with Crippen molar-refractivity contribution in [3.8, 4) is 0 Å². The summed E-state index contributed by atoms with van der Waals surface area (Å²) in [6.45, 7) is 3.46. The SMILES string of the molecule is C=CS(=O)Cc1ccc(Br)cc1.O=S(C=Cc1ccc(Br)cc1)Cc1ccc(F)cc1.O=S(C=Cc1ccc(Cl)cc1)Cc1ccc(Br)cc1. The second-order valence-corrected chi connectivity index (χ2v) is 17.5. The Bertz CT molecular complexity index is 1810. The van der Waals surface area contributed by atoms with Crippen molar-refractivity contribution in [1.29, 1.82) is 0 Å². The number of rotatable bonds is 11. The van der Waals surface area contributed by atoms with E-state index < -0.39 is 32.4 Å². The lowest BCUT2D eigenvalue weighted by atomic mass is 10.2. The quantitative estimate of drug-likeness (QED) is 0.133. The predicted octanol–water partition coefficient (Wildman–Crippen LogP) is 12.4. The van der Waals surface area contributed by atoms with Gasteiger partial charge in [0.25, 0.3) is 0 Å². The summed E-state index contributed by atoms with van der Waals surface area (Å²) >= 11 is 15.9. The first kappa shape index (κ1) is 41.8. The van der Waals surface area contributed by atoms with Gasteiger partial charge in [-0.1, -0.05) is 127 Å². The van der Waals surface area contributed by atoms with E-state index in [9.17, 15) is 17.0 Å². The van der Waals surface area contributed by atoms with Gasteiger partial charge in [0.2, 0.25) is 0 Å². The zero-order valence-electron chi connectivity index (χ0n) is 26.6. The van der Waals surface area contributed by atoms with Gasteiger partial charge < -0.3 is 0 Å². The van der Waals surface area contributed by atoms with Gasteiger partial charge >= 0.3 is 0 Å². The Hall–Kier alpha value is -2.57. The van der Waals surface area contributed by atoms with E-state index in [0.29, 0.717) is 22.3 Å². The van der Waals surface area contributed by atoms with Crippen molar-refractivity contribution >= 4 is 104 Å². The van der Waals surface area contributed by atoms with Gasteiger partial charge in [0.15, 0.2) is 0 Å². The van der Waals surface area contributed by atoms with Gasteiger partial charge in [-0.2, -0.15) is 0 Å². The van der Waals surface area contributed by atoms with Gasteiger partial charge in [0, 0.05) is 40.1 Å². The largest absolute Gasteiger partial charge is 0.255 e. The second kappa shape index (κ2) is 23.1. The lowest BCUT2D eigenvalue weighted by Gasteiger charge is -1.99. The molecule has 0 bridgehead atoms. The van der Waals surface area contributed by atoms with Gasteiger partial charge in [0.05, 0.1) is 38.9 Å². The van der Waals surface area contributed by atoms with Gasteiger partial charge in [-0.15, -0.1) is 0 Å². The van der Waals surface area contributed by atoms with Crippen LogP contribution in [0.4, 0.5) is 4.39 Å². The molecule has 3 unspecified atom stereocenters. The maximum atomic E-state index is 12.7. The molecule has 50 heavy (non-hydrogen) atoms.